The van der Waals surface area contributed by atoms with Crippen molar-refractivity contribution in [2.24, 2.45) is 0 Å². The summed E-state index contributed by atoms with van der Waals surface area (Å²) in [7, 11) is 0. The van der Waals surface area contributed by atoms with Crippen LogP contribution in [0.5, 0.6) is 5.75 Å². The molecule has 1 atom stereocenters. The van der Waals surface area contributed by atoms with E-state index in [1.807, 2.05) is 24.3 Å². The Labute approximate surface area is 204 Å². The van der Waals surface area contributed by atoms with Gasteiger partial charge in [0.1, 0.15) is 23.4 Å². The lowest BCUT2D eigenvalue weighted by Gasteiger charge is -2.23. The van der Waals surface area contributed by atoms with E-state index in [9.17, 15) is 5.21 Å². The van der Waals surface area contributed by atoms with Crippen molar-refractivity contribution in [1.29, 1.82) is 0 Å². The van der Waals surface area contributed by atoms with Gasteiger partial charge in [0, 0.05) is 29.1 Å². The highest BCUT2D eigenvalue weighted by Gasteiger charge is 2.24. The summed E-state index contributed by atoms with van der Waals surface area (Å²) < 4.78 is 12.6. The second-order valence-corrected chi connectivity index (χ2v) is 9.31. The number of ether oxygens (including phenoxy) is 1. The van der Waals surface area contributed by atoms with E-state index in [4.69, 9.17) is 9.15 Å². The molecule has 1 aliphatic carbocycles. The number of hydrogen-bond acceptors (Lipinski definition) is 6. The van der Waals surface area contributed by atoms with E-state index >= 15 is 0 Å². The molecule has 2 aromatic heterocycles. The number of furan rings is 1. The van der Waals surface area contributed by atoms with Crippen LogP contribution in [-0.4, -0.2) is 29.4 Å². The van der Waals surface area contributed by atoms with Crippen LogP contribution >= 0.6 is 0 Å². The number of hydrogen-bond donors (Lipinski definition) is 3. The van der Waals surface area contributed by atoms with Gasteiger partial charge in [0.25, 0.3) is 0 Å². The minimum absolute atomic E-state index is 0.00392. The molecule has 2 aromatic carbocycles. The Bertz CT molecular complexity index is 1290. The third kappa shape index (κ3) is 4.48. The molecule has 6 nitrogen and oxygen atoms in total. The van der Waals surface area contributed by atoms with Gasteiger partial charge in [0.05, 0.1) is 6.04 Å². The number of aromatic nitrogens is 1. The monoisotopic (exact) mass is 467 g/mol. The van der Waals surface area contributed by atoms with E-state index in [2.05, 4.69) is 52.2 Å². The van der Waals surface area contributed by atoms with Gasteiger partial charge in [-0.3, -0.25) is 4.98 Å². The zero-order valence-corrected chi connectivity index (χ0v) is 19.5. The number of fused-ring (bicyclic) bond motifs is 1. The van der Waals surface area contributed by atoms with E-state index in [1.54, 1.807) is 12.4 Å². The first-order chi connectivity index (χ1) is 17.3. The molecular formula is C29H29N3O3. The minimum Gasteiger partial charge on any atom is -0.490 e. The fourth-order valence-corrected chi connectivity index (χ4v) is 5.19. The lowest BCUT2D eigenvalue weighted by molar-refractivity contribution is 0.126. The van der Waals surface area contributed by atoms with Crippen LogP contribution in [0, 0.1) is 0 Å². The largest absolute Gasteiger partial charge is 0.490 e. The highest BCUT2D eigenvalue weighted by Crippen LogP contribution is 2.41. The van der Waals surface area contributed by atoms with Gasteiger partial charge in [-0.05, 0) is 97.9 Å². The molecule has 1 unspecified atom stereocenters. The first-order valence-electron chi connectivity index (χ1n) is 12.3. The van der Waals surface area contributed by atoms with E-state index in [-0.39, 0.29) is 12.1 Å². The second-order valence-electron chi connectivity index (χ2n) is 9.31. The highest BCUT2D eigenvalue weighted by molar-refractivity contribution is 5.84. The highest BCUT2D eigenvalue weighted by atomic mass is 16.5. The normalized spacial score (nSPS) is 17.9. The van der Waals surface area contributed by atoms with Crippen LogP contribution in [0.1, 0.15) is 36.4 Å². The smallest absolute Gasteiger partial charge is 0.142 e. The van der Waals surface area contributed by atoms with Crippen LogP contribution in [0.4, 0.5) is 0 Å². The maximum atomic E-state index is 9.45. The number of aryl methyl sites for hydroxylation is 1. The number of rotatable bonds is 6. The van der Waals surface area contributed by atoms with Crippen LogP contribution in [0.2, 0.25) is 0 Å². The Morgan fingerprint density at radius 2 is 1.66 bits per heavy atom. The van der Waals surface area contributed by atoms with E-state index in [1.165, 1.54) is 5.56 Å². The fraction of sp³-hybridized carbons (Fsp3) is 0.276. The third-order valence-corrected chi connectivity index (χ3v) is 7.09. The third-order valence-electron chi connectivity index (χ3n) is 7.09. The number of benzene rings is 2. The average Bonchev–Trinajstić information content (AvgIpc) is 3.54. The van der Waals surface area contributed by atoms with Crippen LogP contribution in [0.15, 0.2) is 77.5 Å². The molecule has 0 spiro atoms. The maximum absolute atomic E-state index is 9.45. The predicted molar refractivity (Wildman–Crippen MR) is 135 cm³/mol. The lowest BCUT2D eigenvalue weighted by atomic mass is 9.97. The summed E-state index contributed by atoms with van der Waals surface area (Å²) in [5.74, 6) is 2.54. The van der Waals surface area contributed by atoms with Crippen molar-refractivity contribution in [3.8, 4) is 39.5 Å². The van der Waals surface area contributed by atoms with Crippen molar-refractivity contribution >= 4 is 0 Å². The Hall–Kier alpha value is -3.45. The molecule has 3 heterocycles. The molecule has 0 saturated carbocycles. The molecule has 0 radical (unpaired) electrons. The van der Waals surface area contributed by atoms with Gasteiger partial charge < -0.3 is 19.7 Å². The Morgan fingerprint density at radius 3 is 2.43 bits per heavy atom. The van der Waals surface area contributed by atoms with Gasteiger partial charge in [-0.2, -0.15) is 5.48 Å². The number of pyridine rings is 1. The number of nitrogens with one attached hydrogen (secondary N) is 2. The molecule has 178 valence electrons. The van der Waals surface area contributed by atoms with E-state index in [0.717, 1.165) is 83.9 Å². The van der Waals surface area contributed by atoms with Gasteiger partial charge in [-0.1, -0.05) is 18.2 Å². The fourth-order valence-electron chi connectivity index (χ4n) is 5.19. The SMILES string of the molecule is ONC1CCc2cc(-c3cc(-c4ccc(OC5CCNCC5)cc4)oc3-c3ccncc3)ccc21. The molecular weight excluding hydrogens is 438 g/mol. The molecule has 35 heavy (non-hydrogen) atoms. The van der Waals surface area contributed by atoms with Gasteiger partial charge in [-0.25, -0.2) is 0 Å². The standard InChI is InChI=1S/C29H29N3O3/c33-32-27-8-4-21-17-22(3-7-25(21)27)26-18-28(35-29(26)20-9-13-30-14-10-20)19-1-5-23(6-2-19)34-24-11-15-31-16-12-24/h1-3,5-7,9-10,13-14,17-18,24,27,31-33H,4,8,11-12,15-16H2. The molecule has 2 aliphatic rings. The van der Waals surface area contributed by atoms with Gasteiger partial charge in [0.2, 0.25) is 0 Å². The second kappa shape index (κ2) is 9.66. The summed E-state index contributed by atoms with van der Waals surface area (Å²) in [6, 6.07) is 20.7. The van der Waals surface area contributed by atoms with Crippen LogP contribution in [-0.2, 0) is 6.42 Å². The molecule has 3 N–H and O–H groups in total. The molecule has 1 aliphatic heterocycles. The average molecular weight is 468 g/mol. The number of piperidine rings is 1. The van der Waals surface area contributed by atoms with Crippen LogP contribution in [0.3, 0.4) is 0 Å². The van der Waals surface area contributed by atoms with Crippen molar-refractivity contribution in [1.82, 2.24) is 15.8 Å². The molecule has 1 fully saturated rings. The molecule has 6 heteroatoms. The van der Waals surface area contributed by atoms with Crippen LogP contribution < -0.4 is 15.5 Å². The first kappa shape index (κ1) is 22.0. The lowest BCUT2D eigenvalue weighted by Crippen LogP contribution is -2.34. The zero-order valence-electron chi connectivity index (χ0n) is 19.5. The molecule has 1 saturated heterocycles. The molecule has 0 bridgehead atoms. The number of hydroxylamine groups is 1. The zero-order chi connectivity index (χ0) is 23.6. The van der Waals surface area contributed by atoms with E-state index < -0.39 is 0 Å². The van der Waals surface area contributed by atoms with Gasteiger partial charge in [-0.15, -0.1) is 0 Å². The first-order valence-corrected chi connectivity index (χ1v) is 12.3. The van der Waals surface area contributed by atoms with Gasteiger partial charge in [0.15, 0.2) is 0 Å². The molecule has 6 rings (SSSR count). The quantitative estimate of drug-likeness (QED) is 0.312. The summed E-state index contributed by atoms with van der Waals surface area (Å²) in [6.45, 7) is 2.02. The summed E-state index contributed by atoms with van der Waals surface area (Å²) in [5.41, 5.74) is 9.01. The van der Waals surface area contributed by atoms with Crippen LogP contribution in [0.25, 0.3) is 33.8 Å². The Morgan fingerprint density at radius 1 is 0.886 bits per heavy atom. The van der Waals surface area contributed by atoms with Crippen molar-refractivity contribution in [2.45, 2.75) is 37.8 Å². The van der Waals surface area contributed by atoms with E-state index in [0.29, 0.717) is 0 Å². The summed E-state index contributed by atoms with van der Waals surface area (Å²) in [5, 5.41) is 12.8. The minimum atomic E-state index is 0.00392. The topological polar surface area (TPSA) is 79.5 Å². The molecule has 4 aromatic rings. The summed E-state index contributed by atoms with van der Waals surface area (Å²) in [6.07, 6.45) is 7.76. The summed E-state index contributed by atoms with van der Waals surface area (Å²) >= 11 is 0. The summed E-state index contributed by atoms with van der Waals surface area (Å²) in [4.78, 5) is 4.17. The van der Waals surface area contributed by atoms with Crippen molar-refractivity contribution in [3.63, 3.8) is 0 Å². The van der Waals surface area contributed by atoms with Crippen molar-refractivity contribution in [3.05, 3.63) is 84.2 Å². The predicted octanol–water partition coefficient (Wildman–Crippen LogP) is 5.77. The maximum Gasteiger partial charge on any atom is 0.142 e. The van der Waals surface area contributed by atoms with Gasteiger partial charge >= 0.3 is 0 Å². The molecule has 0 amide bonds. The Balaban J connectivity index is 1.34. The van der Waals surface area contributed by atoms with Crippen molar-refractivity contribution in [2.75, 3.05) is 13.1 Å². The van der Waals surface area contributed by atoms with Crippen molar-refractivity contribution < 1.29 is 14.4 Å². The Kier molecular flexibility index (Phi) is 6.08. The number of nitrogens with zero attached hydrogens (tertiary/aromatic N) is 1.